The molecule has 0 amide bonds. The summed E-state index contributed by atoms with van der Waals surface area (Å²) in [4.78, 5) is 8.16. The van der Waals surface area contributed by atoms with Gasteiger partial charge in [-0.15, -0.1) is 11.3 Å². The number of hydrogen-bond donors (Lipinski definition) is 1. The third-order valence-corrected chi connectivity index (χ3v) is 4.83. The molecule has 0 bridgehead atoms. The highest BCUT2D eigenvalue weighted by atomic mass is 32.2. The van der Waals surface area contributed by atoms with Gasteiger partial charge in [-0.05, 0) is 37.8 Å². The van der Waals surface area contributed by atoms with Crippen LogP contribution >= 0.6 is 23.1 Å². The van der Waals surface area contributed by atoms with Crippen molar-refractivity contribution in [1.82, 2.24) is 10.3 Å². The minimum Gasteiger partial charge on any atom is -0.348 e. The largest absolute Gasteiger partial charge is 0.348 e. The first-order valence-corrected chi connectivity index (χ1v) is 9.12. The second kappa shape index (κ2) is 8.82. The van der Waals surface area contributed by atoms with Crippen molar-refractivity contribution in [2.45, 2.75) is 39.8 Å². The van der Waals surface area contributed by atoms with Crippen molar-refractivity contribution in [2.24, 2.45) is 5.92 Å². The van der Waals surface area contributed by atoms with Crippen LogP contribution in [0.15, 0.2) is 6.20 Å². The van der Waals surface area contributed by atoms with E-state index in [1.807, 2.05) is 18.0 Å². The zero-order chi connectivity index (χ0) is 14.3. The standard InChI is InChI=1S/C14H27N3S2/c1-11(2)8-15-9-13-10-16-14(19-13)17(4)12(3)6-7-18-5/h10-12,15H,6-9H2,1-5H3. The lowest BCUT2D eigenvalue weighted by molar-refractivity contribution is 0.554. The summed E-state index contributed by atoms with van der Waals surface area (Å²) < 4.78 is 0. The average molecular weight is 302 g/mol. The van der Waals surface area contributed by atoms with Crippen LogP contribution in [0.5, 0.6) is 0 Å². The Labute approximate surface area is 126 Å². The molecule has 0 aliphatic rings. The Kier molecular flexibility index (Phi) is 7.80. The lowest BCUT2D eigenvalue weighted by atomic mass is 10.2. The Bertz CT molecular complexity index is 352. The number of hydrogen-bond acceptors (Lipinski definition) is 5. The molecule has 0 fully saturated rings. The maximum atomic E-state index is 4.54. The Balaban J connectivity index is 2.44. The topological polar surface area (TPSA) is 28.2 Å². The number of nitrogens with zero attached hydrogens (tertiary/aromatic N) is 2. The third kappa shape index (κ3) is 6.15. The zero-order valence-electron chi connectivity index (χ0n) is 12.8. The second-order valence-electron chi connectivity index (χ2n) is 5.38. The summed E-state index contributed by atoms with van der Waals surface area (Å²) in [7, 11) is 2.15. The Morgan fingerprint density at radius 2 is 2.16 bits per heavy atom. The van der Waals surface area contributed by atoms with E-state index in [2.05, 4.69) is 49.3 Å². The first-order chi connectivity index (χ1) is 9.04. The van der Waals surface area contributed by atoms with Crippen LogP contribution in [0.2, 0.25) is 0 Å². The van der Waals surface area contributed by atoms with Crippen molar-refractivity contribution in [3.8, 4) is 0 Å². The number of nitrogens with one attached hydrogen (secondary N) is 1. The van der Waals surface area contributed by atoms with E-state index >= 15 is 0 Å². The summed E-state index contributed by atoms with van der Waals surface area (Å²) in [6.07, 6.45) is 5.37. The zero-order valence-corrected chi connectivity index (χ0v) is 14.4. The Hall–Kier alpha value is -0.260. The fraction of sp³-hybridized carbons (Fsp3) is 0.786. The summed E-state index contributed by atoms with van der Waals surface area (Å²) >= 11 is 3.71. The second-order valence-corrected chi connectivity index (χ2v) is 7.45. The number of rotatable bonds is 9. The van der Waals surface area contributed by atoms with Crippen LogP contribution in [0.4, 0.5) is 5.13 Å². The molecule has 3 nitrogen and oxygen atoms in total. The van der Waals surface area contributed by atoms with Gasteiger partial charge in [-0.3, -0.25) is 0 Å². The summed E-state index contributed by atoms with van der Waals surface area (Å²) in [5, 5.41) is 4.60. The molecule has 1 N–H and O–H groups in total. The van der Waals surface area contributed by atoms with Crippen LogP contribution in [0, 0.1) is 5.92 Å². The molecule has 0 spiro atoms. The molecule has 1 rings (SSSR count). The van der Waals surface area contributed by atoms with Gasteiger partial charge in [0.05, 0.1) is 0 Å². The molecule has 19 heavy (non-hydrogen) atoms. The summed E-state index contributed by atoms with van der Waals surface area (Å²) in [6, 6.07) is 0.551. The van der Waals surface area contributed by atoms with Crippen LogP contribution in [0.25, 0.3) is 0 Å². The average Bonchev–Trinajstić information content (AvgIpc) is 2.83. The molecule has 0 aliphatic heterocycles. The monoisotopic (exact) mass is 301 g/mol. The molecule has 1 aromatic heterocycles. The minimum absolute atomic E-state index is 0.551. The summed E-state index contributed by atoms with van der Waals surface area (Å²) in [5.41, 5.74) is 0. The van der Waals surface area contributed by atoms with Gasteiger partial charge in [-0.2, -0.15) is 11.8 Å². The lowest BCUT2D eigenvalue weighted by Gasteiger charge is -2.23. The van der Waals surface area contributed by atoms with Crippen LogP contribution in [-0.4, -0.2) is 36.6 Å². The smallest absolute Gasteiger partial charge is 0.185 e. The minimum atomic E-state index is 0.551. The highest BCUT2D eigenvalue weighted by Gasteiger charge is 2.13. The maximum Gasteiger partial charge on any atom is 0.185 e. The van der Waals surface area contributed by atoms with Gasteiger partial charge in [-0.1, -0.05) is 13.8 Å². The Morgan fingerprint density at radius 1 is 1.42 bits per heavy atom. The van der Waals surface area contributed by atoms with Crippen LogP contribution < -0.4 is 10.2 Å². The fourth-order valence-corrected chi connectivity index (χ4v) is 3.22. The molecule has 1 heterocycles. The van der Waals surface area contributed by atoms with Crippen LogP contribution in [0.1, 0.15) is 32.1 Å². The number of anilines is 1. The number of thioether (sulfide) groups is 1. The first kappa shape index (κ1) is 16.8. The van der Waals surface area contributed by atoms with E-state index in [9.17, 15) is 0 Å². The Morgan fingerprint density at radius 3 is 2.79 bits per heavy atom. The van der Waals surface area contributed by atoms with E-state index in [-0.39, 0.29) is 0 Å². The number of thiazole rings is 1. The molecule has 0 saturated carbocycles. The van der Waals surface area contributed by atoms with Crippen LogP contribution in [-0.2, 0) is 6.54 Å². The van der Waals surface area contributed by atoms with E-state index in [4.69, 9.17) is 0 Å². The van der Waals surface area contributed by atoms with Crippen LogP contribution in [0.3, 0.4) is 0 Å². The van der Waals surface area contributed by atoms with Gasteiger partial charge in [0.2, 0.25) is 0 Å². The molecular formula is C14H27N3S2. The molecule has 0 radical (unpaired) electrons. The van der Waals surface area contributed by atoms with Gasteiger partial charge in [0, 0.05) is 30.7 Å². The fourth-order valence-electron chi connectivity index (χ4n) is 1.70. The van der Waals surface area contributed by atoms with E-state index in [1.165, 1.54) is 17.1 Å². The van der Waals surface area contributed by atoms with Crippen molar-refractivity contribution < 1.29 is 0 Å². The highest BCUT2D eigenvalue weighted by Crippen LogP contribution is 2.24. The lowest BCUT2D eigenvalue weighted by Crippen LogP contribution is -2.29. The van der Waals surface area contributed by atoms with Gasteiger partial charge in [0.15, 0.2) is 5.13 Å². The molecule has 0 aromatic carbocycles. The summed E-state index contributed by atoms with van der Waals surface area (Å²) in [6.45, 7) is 8.73. The molecule has 110 valence electrons. The summed E-state index contributed by atoms with van der Waals surface area (Å²) in [5.74, 6) is 1.90. The SMILES string of the molecule is CSCCC(C)N(C)c1ncc(CNCC(C)C)s1. The molecule has 1 aromatic rings. The predicted octanol–water partition coefficient (Wildman–Crippen LogP) is 3.47. The highest BCUT2D eigenvalue weighted by molar-refractivity contribution is 7.98. The van der Waals surface area contributed by atoms with Gasteiger partial charge < -0.3 is 10.2 Å². The quantitative estimate of drug-likeness (QED) is 0.756. The van der Waals surface area contributed by atoms with E-state index < -0.39 is 0 Å². The predicted molar refractivity (Wildman–Crippen MR) is 89.5 cm³/mol. The van der Waals surface area contributed by atoms with E-state index in [1.54, 1.807) is 11.3 Å². The van der Waals surface area contributed by atoms with Gasteiger partial charge in [-0.25, -0.2) is 4.98 Å². The van der Waals surface area contributed by atoms with Crippen molar-refractivity contribution in [3.63, 3.8) is 0 Å². The van der Waals surface area contributed by atoms with Crippen molar-refractivity contribution in [3.05, 3.63) is 11.1 Å². The maximum absolute atomic E-state index is 4.54. The third-order valence-electron chi connectivity index (χ3n) is 3.10. The first-order valence-electron chi connectivity index (χ1n) is 6.91. The van der Waals surface area contributed by atoms with Crippen molar-refractivity contribution in [1.29, 1.82) is 0 Å². The van der Waals surface area contributed by atoms with Crippen molar-refractivity contribution >= 4 is 28.2 Å². The van der Waals surface area contributed by atoms with Gasteiger partial charge in [0.1, 0.15) is 0 Å². The molecule has 0 saturated heterocycles. The molecule has 5 heteroatoms. The molecule has 1 unspecified atom stereocenters. The van der Waals surface area contributed by atoms with Gasteiger partial charge >= 0.3 is 0 Å². The molecular weight excluding hydrogens is 274 g/mol. The number of aromatic nitrogens is 1. The van der Waals surface area contributed by atoms with Crippen molar-refractivity contribution in [2.75, 3.05) is 30.5 Å². The molecule has 0 aliphatic carbocycles. The molecule has 1 atom stereocenters. The van der Waals surface area contributed by atoms with Gasteiger partial charge in [0.25, 0.3) is 0 Å². The van der Waals surface area contributed by atoms with E-state index in [0.29, 0.717) is 12.0 Å². The van der Waals surface area contributed by atoms with E-state index in [0.717, 1.165) is 18.2 Å². The normalized spacial score (nSPS) is 12.9.